The molecule has 3 rings (SSSR count). The first-order chi connectivity index (χ1) is 8.86. The summed E-state index contributed by atoms with van der Waals surface area (Å²) in [6.45, 7) is 8.69. The number of nitrogens with zero attached hydrogens (tertiary/aromatic N) is 1. The summed E-state index contributed by atoms with van der Waals surface area (Å²) in [5, 5.41) is 3.49. The Morgan fingerprint density at radius 1 is 1.22 bits per heavy atom. The van der Waals surface area contributed by atoms with Crippen molar-refractivity contribution in [2.24, 2.45) is 11.8 Å². The van der Waals surface area contributed by atoms with Gasteiger partial charge >= 0.3 is 0 Å². The molecule has 3 nitrogen and oxygen atoms in total. The van der Waals surface area contributed by atoms with Crippen molar-refractivity contribution in [2.75, 3.05) is 32.8 Å². The number of nitrogens with one attached hydrogen (secondary N) is 1. The molecule has 0 unspecified atom stereocenters. The Morgan fingerprint density at radius 2 is 1.94 bits per heavy atom. The highest BCUT2D eigenvalue weighted by Gasteiger charge is 2.35. The third-order valence-electron chi connectivity index (χ3n) is 4.13. The first-order valence-electron chi connectivity index (χ1n) is 7.00. The van der Waals surface area contributed by atoms with Crippen molar-refractivity contribution in [1.82, 2.24) is 10.2 Å². The third-order valence-corrected chi connectivity index (χ3v) is 4.13. The summed E-state index contributed by atoms with van der Waals surface area (Å²) in [5.74, 6) is 2.78. The summed E-state index contributed by atoms with van der Waals surface area (Å²) in [7, 11) is 0. The number of rotatable bonds is 4. The summed E-state index contributed by atoms with van der Waals surface area (Å²) in [4.78, 5) is 2.58. The third kappa shape index (κ3) is 2.38. The van der Waals surface area contributed by atoms with Crippen molar-refractivity contribution in [1.29, 1.82) is 0 Å². The van der Waals surface area contributed by atoms with Crippen LogP contribution in [0, 0.1) is 11.8 Å². The van der Waals surface area contributed by atoms with Crippen LogP contribution in [0.15, 0.2) is 24.3 Å². The molecular formula is C15H22N2O. The van der Waals surface area contributed by atoms with E-state index in [1.807, 2.05) is 6.92 Å². The molecule has 1 N–H and O–H groups in total. The van der Waals surface area contributed by atoms with Crippen LogP contribution in [0.5, 0.6) is 5.75 Å². The fraction of sp³-hybridized carbons (Fsp3) is 0.600. The predicted molar refractivity (Wildman–Crippen MR) is 72.7 cm³/mol. The van der Waals surface area contributed by atoms with Crippen molar-refractivity contribution in [3.63, 3.8) is 0 Å². The van der Waals surface area contributed by atoms with E-state index in [0.29, 0.717) is 0 Å². The zero-order chi connectivity index (χ0) is 12.4. The lowest BCUT2D eigenvalue weighted by molar-refractivity contribution is 0.289. The summed E-state index contributed by atoms with van der Waals surface area (Å²) in [6.07, 6.45) is 0. The van der Waals surface area contributed by atoms with Crippen LogP contribution in [0.1, 0.15) is 12.5 Å². The maximum absolute atomic E-state index is 5.70. The summed E-state index contributed by atoms with van der Waals surface area (Å²) in [6, 6.07) is 8.43. The van der Waals surface area contributed by atoms with Gasteiger partial charge in [-0.15, -0.1) is 0 Å². The second-order valence-electron chi connectivity index (χ2n) is 5.41. The zero-order valence-electron chi connectivity index (χ0n) is 11.1. The Balaban J connectivity index is 1.66. The van der Waals surface area contributed by atoms with Crippen molar-refractivity contribution >= 4 is 0 Å². The smallest absolute Gasteiger partial charge is 0.123 e. The Morgan fingerprint density at radius 3 is 2.67 bits per heavy atom. The molecule has 2 fully saturated rings. The molecule has 0 bridgehead atoms. The first-order valence-corrected chi connectivity index (χ1v) is 7.00. The molecule has 0 saturated carbocycles. The maximum atomic E-state index is 5.70. The van der Waals surface area contributed by atoms with Gasteiger partial charge in [0.05, 0.1) is 6.61 Å². The van der Waals surface area contributed by atoms with E-state index in [4.69, 9.17) is 4.74 Å². The molecule has 2 atom stereocenters. The van der Waals surface area contributed by atoms with E-state index in [1.54, 1.807) is 0 Å². The van der Waals surface area contributed by atoms with Gasteiger partial charge in [-0.05, 0) is 37.9 Å². The van der Waals surface area contributed by atoms with E-state index in [9.17, 15) is 0 Å². The number of likely N-dealkylation sites (tertiary alicyclic amines) is 1. The molecule has 2 saturated heterocycles. The van der Waals surface area contributed by atoms with Crippen LogP contribution < -0.4 is 10.1 Å². The molecule has 0 amide bonds. The Hall–Kier alpha value is -1.06. The molecule has 18 heavy (non-hydrogen) atoms. The van der Waals surface area contributed by atoms with Crippen molar-refractivity contribution < 1.29 is 4.74 Å². The van der Waals surface area contributed by atoms with Crippen LogP contribution in [0.2, 0.25) is 0 Å². The van der Waals surface area contributed by atoms with Crippen molar-refractivity contribution in [3.05, 3.63) is 29.8 Å². The molecule has 2 aliphatic rings. The van der Waals surface area contributed by atoms with Gasteiger partial charge in [-0.2, -0.15) is 0 Å². The van der Waals surface area contributed by atoms with Gasteiger partial charge in [-0.3, -0.25) is 4.90 Å². The van der Waals surface area contributed by atoms with Crippen LogP contribution >= 0.6 is 0 Å². The molecule has 1 aromatic rings. The van der Waals surface area contributed by atoms with E-state index < -0.39 is 0 Å². The lowest BCUT2D eigenvalue weighted by Gasteiger charge is -2.19. The Kier molecular flexibility index (Phi) is 3.52. The average Bonchev–Trinajstić information content (AvgIpc) is 2.92. The molecule has 1 aromatic carbocycles. The van der Waals surface area contributed by atoms with Crippen LogP contribution in [0.4, 0.5) is 0 Å². The van der Waals surface area contributed by atoms with Crippen molar-refractivity contribution in [2.45, 2.75) is 13.5 Å². The second-order valence-corrected chi connectivity index (χ2v) is 5.41. The number of benzene rings is 1. The fourth-order valence-electron chi connectivity index (χ4n) is 3.25. The molecule has 0 aliphatic carbocycles. The van der Waals surface area contributed by atoms with Gasteiger partial charge in [0.2, 0.25) is 0 Å². The fourth-order valence-corrected chi connectivity index (χ4v) is 3.25. The monoisotopic (exact) mass is 246 g/mol. The molecule has 0 aromatic heterocycles. The van der Waals surface area contributed by atoms with Crippen LogP contribution in [-0.2, 0) is 6.54 Å². The minimum atomic E-state index is 0.742. The van der Waals surface area contributed by atoms with Gasteiger partial charge < -0.3 is 10.1 Å². The van der Waals surface area contributed by atoms with E-state index in [0.717, 1.165) is 30.7 Å². The largest absolute Gasteiger partial charge is 0.494 e. The first kappa shape index (κ1) is 12.0. The number of para-hydroxylation sites is 1. The molecule has 2 heterocycles. The zero-order valence-corrected chi connectivity index (χ0v) is 11.1. The van der Waals surface area contributed by atoms with Gasteiger partial charge in [0.15, 0.2) is 0 Å². The molecule has 2 aliphatic heterocycles. The number of hydrogen-bond acceptors (Lipinski definition) is 3. The van der Waals surface area contributed by atoms with E-state index in [2.05, 4.69) is 34.5 Å². The SMILES string of the molecule is CCOc1ccccc1CN1C[C@H]2CNC[C@H]2C1. The summed E-state index contributed by atoms with van der Waals surface area (Å²) >= 11 is 0. The molecule has 0 spiro atoms. The Bertz CT molecular complexity index is 395. The van der Waals surface area contributed by atoms with Gasteiger partial charge in [0.25, 0.3) is 0 Å². The van der Waals surface area contributed by atoms with Gasteiger partial charge in [0, 0.05) is 25.2 Å². The number of ether oxygens (including phenoxy) is 1. The number of hydrogen-bond donors (Lipinski definition) is 1. The van der Waals surface area contributed by atoms with Gasteiger partial charge in [-0.25, -0.2) is 0 Å². The topological polar surface area (TPSA) is 24.5 Å². The number of fused-ring (bicyclic) bond motifs is 1. The minimum absolute atomic E-state index is 0.742. The predicted octanol–water partition coefficient (Wildman–Crippen LogP) is 1.74. The highest BCUT2D eigenvalue weighted by molar-refractivity contribution is 5.33. The normalized spacial score (nSPS) is 27.4. The molecule has 3 heteroatoms. The maximum Gasteiger partial charge on any atom is 0.123 e. The highest BCUT2D eigenvalue weighted by Crippen LogP contribution is 2.29. The summed E-state index contributed by atoms with van der Waals surface area (Å²) in [5.41, 5.74) is 1.33. The van der Waals surface area contributed by atoms with Gasteiger partial charge in [-0.1, -0.05) is 18.2 Å². The molecular weight excluding hydrogens is 224 g/mol. The van der Waals surface area contributed by atoms with E-state index in [1.165, 1.54) is 31.7 Å². The van der Waals surface area contributed by atoms with E-state index >= 15 is 0 Å². The average molecular weight is 246 g/mol. The second kappa shape index (κ2) is 5.29. The lowest BCUT2D eigenvalue weighted by atomic mass is 10.0. The minimum Gasteiger partial charge on any atom is -0.494 e. The van der Waals surface area contributed by atoms with Crippen molar-refractivity contribution in [3.8, 4) is 5.75 Å². The standard InChI is InChI=1S/C15H22N2O/c1-2-18-15-6-4-3-5-12(15)9-17-10-13-7-16-8-14(13)11-17/h3-6,13-14,16H,2,7-11H2,1H3/t13-,14+. The quantitative estimate of drug-likeness (QED) is 0.876. The lowest BCUT2D eigenvalue weighted by Crippen LogP contribution is -2.25. The highest BCUT2D eigenvalue weighted by atomic mass is 16.5. The molecule has 98 valence electrons. The van der Waals surface area contributed by atoms with Gasteiger partial charge in [0.1, 0.15) is 5.75 Å². The van der Waals surface area contributed by atoms with Crippen LogP contribution in [0.3, 0.4) is 0 Å². The summed E-state index contributed by atoms with van der Waals surface area (Å²) < 4.78 is 5.70. The Labute approximate surface area is 109 Å². The van der Waals surface area contributed by atoms with E-state index in [-0.39, 0.29) is 0 Å². The van der Waals surface area contributed by atoms with Crippen LogP contribution in [-0.4, -0.2) is 37.7 Å². The molecule has 0 radical (unpaired) electrons. The van der Waals surface area contributed by atoms with Crippen LogP contribution in [0.25, 0.3) is 0 Å².